The van der Waals surface area contributed by atoms with Crippen LogP contribution in [-0.2, 0) is 4.74 Å². The summed E-state index contributed by atoms with van der Waals surface area (Å²) in [6.07, 6.45) is 2.92. The van der Waals surface area contributed by atoms with Crippen molar-refractivity contribution in [1.29, 1.82) is 0 Å². The minimum atomic E-state index is -0.363. The fourth-order valence-corrected chi connectivity index (χ4v) is 5.65. The zero-order chi connectivity index (χ0) is 22.5. The van der Waals surface area contributed by atoms with Crippen LogP contribution >= 0.6 is 0 Å². The van der Waals surface area contributed by atoms with Crippen LogP contribution in [0.5, 0.6) is 11.5 Å². The van der Waals surface area contributed by atoms with Crippen LogP contribution in [0.2, 0.25) is 0 Å². The lowest BCUT2D eigenvalue weighted by Crippen LogP contribution is -2.54. The topological polar surface area (TPSA) is 60.9 Å². The lowest BCUT2D eigenvalue weighted by Gasteiger charge is -2.54. The van der Waals surface area contributed by atoms with Gasteiger partial charge in [-0.05, 0) is 63.6 Å². The quantitative estimate of drug-likeness (QED) is 0.690. The van der Waals surface area contributed by atoms with Crippen molar-refractivity contribution in [2.24, 2.45) is 11.3 Å². The number of aryl methyl sites for hydroxylation is 1. The maximum Gasteiger partial charge on any atom is 0.272 e. The summed E-state index contributed by atoms with van der Waals surface area (Å²) in [5.41, 5.74) is 2.20. The number of methoxy groups -OCH3 is 1. The molecule has 5 rings (SSSR count). The number of amides is 1. The number of ether oxygens (including phenoxy) is 3. The Kier molecular flexibility index (Phi) is 5.16. The van der Waals surface area contributed by atoms with E-state index in [4.69, 9.17) is 14.2 Å². The Bertz CT molecular complexity index is 1030. The molecule has 4 heterocycles. The monoisotopic (exact) mass is 436 g/mol. The zero-order valence-electron chi connectivity index (χ0n) is 19.4. The van der Waals surface area contributed by atoms with Gasteiger partial charge in [0.05, 0.1) is 19.8 Å². The Morgan fingerprint density at radius 3 is 2.62 bits per heavy atom. The average Bonchev–Trinajstić information content (AvgIpc) is 2.79. The molecule has 6 nitrogen and oxygen atoms in total. The van der Waals surface area contributed by atoms with E-state index in [1.165, 1.54) is 0 Å². The van der Waals surface area contributed by atoms with Crippen LogP contribution in [0.25, 0.3) is 0 Å². The molecule has 3 aliphatic heterocycles. The van der Waals surface area contributed by atoms with Crippen molar-refractivity contribution in [2.45, 2.75) is 51.7 Å². The van der Waals surface area contributed by atoms with E-state index < -0.39 is 0 Å². The molecule has 0 radical (unpaired) electrons. The highest BCUT2D eigenvalue weighted by molar-refractivity contribution is 5.92. The van der Waals surface area contributed by atoms with Crippen molar-refractivity contribution in [1.82, 2.24) is 9.88 Å². The number of aromatic nitrogens is 1. The largest absolute Gasteiger partial charge is 0.493 e. The predicted octanol–water partition coefficient (Wildman–Crippen LogP) is 4.57. The summed E-state index contributed by atoms with van der Waals surface area (Å²) in [5, 5.41) is 0. The molecule has 6 heteroatoms. The van der Waals surface area contributed by atoms with Gasteiger partial charge < -0.3 is 19.1 Å². The van der Waals surface area contributed by atoms with Crippen LogP contribution in [0.1, 0.15) is 61.0 Å². The molecule has 1 amide bonds. The van der Waals surface area contributed by atoms with Gasteiger partial charge in [0, 0.05) is 30.3 Å². The average molecular weight is 437 g/mol. The molecule has 0 saturated carbocycles. The number of hydrogen-bond acceptors (Lipinski definition) is 5. The van der Waals surface area contributed by atoms with E-state index in [1.54, 1.807) is 7.11 Å². The lowest BCUT2D eigenvalue weighted by atomic mass is 9.64. The number of likely N-dealkylation sites (tertiary alicyclic amines) is 1. The number of benzene rings is 1. The van der Waals surface area contributed by atoms with Crippen molar-refractivity contribution < 1.29 is 19.0 Å². The summed E-state index contributed by atoms with van der Waals surface area (Å²) in [7, 11) is 1.68. The molecular formula is C26H32N2O4. The summed E-state index contributed by atoms with van der Waals surface area (Å²) in [5.74, 6) is 1.84. The molecular weight excluding hydrogens is 404 g/mol. The summed E-state index contributed by atoms with van der Waals surface area (Å²) < 4.78 is 18.6. The number of rotatable bonds is 2. The number of piperidine rings is 1. The number of fused-ring (bicyclic) bond motifs is 3. The molecule has 170 valence electrons. The molecule has 3 aliphatic rings. The Morgan fingerprint density at radius 1 is 1.16 bits per heavy atom. The van der Waals surface area contributed by atoms with Crippen LogP contribution in [0, 0.1) is 18.3 Å². The Hall–Kier alpha value is -2.60. The number of carbonyl (C=O) groups is 1. The molecule has 1 aromatic heterocycles. The van der Waals surface area contributed by atoms with Crippen LogP contribution in [0.4, 0.5) is 0 Å². The van der Waals surface area contributed by atoms with Gasteiger partial charge in [-0.3, -0.25) is 4.79 Å². The first kappa shape index (κ1) is 21.3. The van der Waals surface area contributed by atoms with Crippen molar-refractivity contribution in [3.8, 4) is 11.5 Å². The highest BCUT2D eigenvalue weighted by Gasteiger charge is 2.53. The van der Waals surface area contributed by atoms with Crippen LogP contribution in [0.3, 0.4) is 0 Å². The maximum atomic E-state index is 13.0. The highest BCUT2D eigenvalue weighted by atomic mass is 16.5. The van der Waals surface area contributed by atoms with E-state index >= 15 is 0 Å². The lowest BCUT2D eigenvalue weighted by molar-refractivity contribution is -0.173. The number of pyridine rings is 1. The van der Waals surface area contributed by atoms with Crippen LogP contribution < -0.4 is 9.47 Å². The van der Waals surface area contributed by atoms with Crippen LogP contribution in [0.15, 0.2) is 36.4 Å². The number of carbonyl (C=O) groups excluding carboxylic acids is 1. The molecule has 32 heavy (non-hydrogen) atoms. The molecule has 0 unspecified atom stereocenters. The predicted molar refractivity (Wildman–Crippen MR) is 121 cm³/mol. The SMILES string of the molecule is COc1cccc2c1OC(C)(C)[C@H]1CC3(CCN(C(=O)c4cccc(C)n4)CC3)CO[C@H]21. The van der Waals surface area contributed by atoms with Gasteiger partial charge in [-0.1, -0.05) is 18.2 Å². The number of hydrogen-bond donors (Lipinski definition) is 0. The highest BCUT2D eigenvalue weighted by Crippen LogP contribution is 2.57. The minimum absolute atomic E-state index is 0.00521. The minimum Gasteiger partial charge on any atom is -0.493 e. The normalized spacial score (nSPS) is 25.4. The Labute approximate surface area is 189 Å². The zero-order valence-corrected chi connectivity index (χ0v) is 19.4. The molecule has 2 aromatic rings. The van der Waals surface area contributed by atoms with Gasteiger partial charge in [0.2, 0.25) is 0 Å². The van der Waals surface area contributed by atoms with Crippen molar-refractivity contribution in [3.05, 3.63) is 53.3 Å². The van der Waals surface area contributed by atoms with Crippen molar-refractivity contribution in [3.63, 3.8) is 0 Å². The fourth-order valence-electron chi connectivity index (χ4n) is 5.65. The molecule has 2 fully saturated rings. The molecule has 2 saturated heterocycles. The maximum absolute atomic E-state index is 13.0. The second-order valence-electron chi connectivity index (χ2n) is 10.1. The van der Waals surface area contributed by atoms with Crippen LogP contribution in [-0.4, -0.2) is 48.2 Å². The van der Waals surface area contributed by atoms with Gasteiger partial charge in [0.15, 0.2) is 11.5 Å². The number of nitrogens with zero attached hydrogens (tertiary/aromatic N) is 2. The summed E-state index contributed by atoms with van der Waals surface area (Å²) in [6, 6.07) is 11.7. The summed E-state index contributed by atoms with van der Waals surface area (Å²) in [6.45, 7) is 8.42. The first-order valence-corrected chi connectivity index (χ1v) is 11.5. The van der Waals surface area contributed by atoms with E-state index in [1.807, 2.05) is 42.2 Å². The summed E-state index contributed by atoms with van der Waals surface area (Å²) in [4.78, 5) is 19.3. The van der Waals surface area contributed by atoms with E-state index in [0.717, 1.165) is 55.1 Å². The van der Waals surface area contributed by atoms with E-state index in [9.17, 15) is 4.79 Å². The first-order chi connectivity index (χ1) is 15.3. The van der Waals surface area contributed by atoms with Gasteiger partial charge in [-0.15, -0.1) is 0 Å². The molecule has 0 N–H and O–H groups in total. The van der Waals surface area contributed by atoms with Gasteiger partial charge in [-0.25, -0.2) is 4.98 Å². The fraction of sp³-hybridized carbons (Fsp3) is 0.538. The van der Waals surface area contributed by atoms with Gasteiger partial charge >= 0.3 is 0 Å². The van der Waals surface area contributed by atoms with E-state index in [0.29, 0.717) is 12.3 Å². The van der Waals surface area contributed by atoms with E-state index in [-0.39, 0.29) is 28.9 Å². The molecule has 2 atom stereocenters. The molecule has 1 spiro atoms. The van der Waals surface area contributed by atoms with Gasteiger partial charge in [-0.2, -0.15) is 0 Å². The van der Waals surface area contributed by atoms with Crippen molar-refractivity contribution >= 4 is 5.91 Å². The van der Waals surface area contributed by atoms with Gasteiger partial charge in [0.25, 0.3) is 5.91 Å². The first-order valence-electron chi connectivity index (χ1n) is 11.5. The molecule has 0 aliphatic carbocycles. The van der Waals surface area contributed by atoms with E-state index in [2.05, 4.69) is 24.9 Å². The third-order valence-corrected chi connectivity index (χ3v) is 7.60. The smallest absolute Gasteiger partial charge is 0.272 e. The van der Waals surface area contributed by atoms with Crippen molar-refractivity contribution in [2.75, 3.05) is 26.8 Å². The second-order valence-corrected chi connectivity index (χ2v) is 10.1. The third kappa shape index (κ3) is 3.54. The molecule has 0 bridgehead atoms. The molecule has 1 aromatic carbocycles. The standard InChI is InChI=1S/C26H32N2O4/c1-17-7-5-9-20(27-17)24(29)28-13-11-26(12-14-28)15-19-22(31-16-26)18-8-6-10-21(30-4)23(18)32-25(19,2)3/h5-10,19,22H,11-16H2,1-4H3/t19-,22+/m0/s1. The summed E-state index contributed by atoms with van der Waals surface area (Å²) >= 11 is 0. The third-order valence-electron chi connectivity index (χ3n) is 7.60. The van der Waals surface area contributed by atoms with Gasteiger partial charge in [0.1, 0.15) is 11.3 Å². The number of para-hydroxylation sites is 1. The Balaban J connectivity index is 1.33. The Morgan fingerprint density at radius 2 is 1.91 bits per heavy atom. The second kappa shape index (κ2) is 7.77.